The Bertz CT molecular complexity index is 1000. The summed E-state index contributed by atoms with van der Waals surface area (Å²) in [6.45, 7) is 1.84. The molecule has 4 rings (SSSR count). The van der Waals surface area contributed by atoms with E-state index in [1.54, 1.807) is 18.2 Å². The fraction of sp³-hybridized carbons (Fsp3) is 0.375. The lowest BCUT2D eigenvalue weighted by molar-refractivity contribution is -0.115. The molecule has 1 amide bonds. The van der Waals surface area contributed by atoms with Crippen molar-refractivity contribution in [1.29, 1.82) is 0 Å². The maximum absolute atomic E-state index is 12.5. The van der Waals surface area contributed by atoms with E-state index in [1.807, 2.05) is 18.5 Å². The number of fused-ring (bicyclic) bond motifs is 1. The van der Waals surface area contributed by atoms with Gasteiger partial charge in [-0.1, -0.05) is 11.8 Å². The molecule has 1 saturated carbocycles. The van der Waals surface area contributed by atoms with Crippen molar-refractivity contribution >= 4 is 34.4 Å². The molecule has 1 fully saturated rings. The van der Waals surface area contributed by atoms with Gasteiger partial charge in [-0.2, -0.15) is 0 Å². The number of H-pyrrole nitrogens is 2. The van der Waals surface area contributed by atoms with Crippen molar-refractivity contribution in [2.45, 2.75) is 36.1 Å². The number of hydrogen-bond acceptors (Lipinski definition) is 5. The topological polar surface area (TPSA) is 108 Å². The summed E-state index contributed by atoms with van der Waals surface area (Å²) in [5.41, 5.74) is 1.73. The average molecular weight is 358 g/mol. The van der Waals surface area contributed by atoms with E-state index in [4.69, 9.17) is 0 Å². The van der Waals surface area contributed by atoms with Crippen molar-refractivity contribution in [3.05, 3.63) is 34.5 Å². The highest BCUT2D eigenvalue weighted by atomic mass is 32.2. The number of rotatable bonds is 5. The number of benzene rings is 1. The van der Waals surface area contributed by atoms with Crippen LogP contribution < -0.4 is 11.0 Å². The number of nitrogens with one attached hydrogen (secondary N) is 3. The van der Waals surface area contributed by atoms with E-state index in [-0.39, 0.29) is 16.8 Å². The largest absolute Gasteiger partial charge is 0.325 e. The third kappa shape index (κ3) is 3.19. The molecule has 0 radical (unpaired) electrons. The van der Waals surface area contributed by atoms with Gasteiger partial charge >= 0.3 is 5.69 Å². The van der Waals surface area contributed by atoms with Crippen LogP contribution in [0, 0.1) is 0 Å². The molecule has 0 spiro atoms. The zero-order valence-electron chi connectivity index (χ0n) is 13.9. The maximum Gasteiger partial charge on any atom is 0.323 e. The van der Waals surface area contributed by atoms with Crippen LogP contribution in [0.1, 0.15) is 31.5 Å². The summed E-state index contributed by atoms with van der Waals surface area (Å²) in [6, 6.07) is 5.25. The van der Waals surface area contributed by atoms with E-state index in [0.717, 1.165) is 23.8 Å². The Morgan fingerprint density at radius 3 is 2.84 bits per heavy atom. The number of nitrogens with zero attached hydrogens (tertiary/aromatic N) is 3. The van der Waals surface area contributed by atoms with Gasteiger partial charge in [0.05, 0.1) is 16.3 Å². The number of hydrogen-bond donors (Lipinski definition) is 3. The van der Waals surface area contributed by atoms with Gasteiger partial charge in [0, 0.05) is 18.7 Å². The summed E-state index contributed by atoms with van der Waals surface area (Å²) >= 11 is 1.38. The third-order valence-corrected chi connectivity index (χ3v) is 5.38. The number of amides is 1. The fourth-order valence-electron chi connectivity index (χ4n) is 2.69. The van der Waals surface area contributed by atoms with Crippen LogP contribution >= 0.6 is 11.8 Å². The average Bonchev–Trinajstić information content (AvgIpc) is 3.25. The summed E-state index contributed by atoms with van der Waals surface area (Å²) < 4.78 is 1.97. The summed E-state index contributed by atoms with van der Waals surface area (Å²) in [5, 5.41) is 11.7. The maximum atomic E-state index is 12.5. The van der Waals surface area contributed by atoms with Gasteiger partial charge in [-0.3, -0.25) is 4.79 Å². The van der Waals surface area contributed by atoms with Crippen molar-refractivity contribution < 1.29 is 4.79 Å². The molecule has 9 heteroatoms. The monoisotopic (exact) mass is 358 g/mol. The molecule has 1 aliphatic carbocycles. The Balaban J connectivity index is 1.45. The summed E-state index contributed by atoms with van der Waals surface area (Å²) in [7, 11) is 1.94. The molecule has 3 N–H and O–H groups in total. The van der Waals surface area contributed by atoms with E-state index in [2.05, 4.69) is 25.5 Å². The molecule has 0 unspecified atom stereocenters. The molecule has 1 atom stereocenters. The van der Waals surface area contributed by atoms with Crippen LogP contribution in [-0.4, -0.2) is 35.9 Å². The van der Waals surface area contributed by atoms with Crippen LogP contribution in [0.3, 0.4) is 0 Å². The predicted octanol–water partition coefficient (Wildman–Crippen LogP) is 1.98. The SMILES string of the molecule is C[C@@H](Sc1nnc(C2CC2)n1C)C(=O)Nc1ccc2[nH]c(=O)[nH]c2c1. The van der Waals surface area contributed by atoms with Crippen molar-refractivity contribution in [2.24, 2.45) is 7.05 Å². The molecule has 0 aliphatic heterocycles. The van der Waals surface area contributed by atoms with Crippen molar-refractivity contribution in [3.63, 3.8) is 0 Å². The molecule has 1 aromatic carbocycles. The Morgan fingerprint density at radius 1 is 1.32 bits per heavy atom. The van der Waals surface area contributed by atoms with E-state index in [9.17, 15) is 9.59 Å². The fourth-order valence-corrected chi connectivity index (χ4v) is 3.51. The number of carbonyl (C=O) groups excluding carboxylic acids is 1. The first kappa shape index (κ1) is 15.9. The first-order valence-corrected chi connectivity index (χ1v) is 8.98. The highest BCUT2D eigenvalue weighted by Crippen LogP contribution is 2.39. The highest BCUT2D eigenvalue weighted by Gasteiger charge is 2.30. The zero-order chi connectivity index (χ0) is 17.6. The van der Waals surface area contributed by atoms with Gasteiger partial charge in [0.2, 0.25) is 5.91 Å². The van der Waals surface area contributed by atoms with Gasteiger partial charge in [-0.15, -0.1) is 10.2 Å². The number of aromatic nitrogens is 5. The number of thioether (sulfide) groups is 1. The summed E-state index contributed by atoms with van der Waals surface area (Å²) in [4.78, 5) is 29.1. The molecule has 1 aliphatic rings. The molecule has 0 bridgehead atoms. The molecule has 0 saturated heterocycles. The highest BCUT2D eigenvalue weighted by molar-refractivity contribution is 8.00. The minimum Gasteiger partial charge on any atom is -0.325 e. The molecular weight excluding hydrogens is 340 g/mol. The van der Waals surface area contributed by atoms with Crippen LogP contribution in [0.5, 0.6) is 0 Å². The second-order valence-corrected chi connectivity index (χ2v) is 7.57. The van der Waals surface area contributed by atoms with Gasteiger partial charge in [0.1, 0.15) is 5.82 Å². The first-order valence-electron chi connectivity index (χ1n) is 8.10. The zero-order valence-corrected chi connectivity index (χ0v) is 14.7. The predicted molar refractivity (Wildman–Crippen MR) is 95.8 cm³/mol. The molecule has 3 aromatic rings. The number of carbonyl (C=O) groups is 1. The van der Waals surface area contributed by atoms with Gasteiger partial charge in [-0.05, 0) is 38.0 Å². The molecule has 8 nitrogen and oxygen atoms in total. The molecule has 25 heavy (non-hydrogen) atoms. The molecule has 130 valence electrons. The summed E-state index contributed by atoms with van der Waals surface area (Å²) in [6.07, 6.45) is 2.33. The Kier molecular flexibility index (Phi) is 3.87. The minimum atomic E-state index is -0.323. The van der Waals surface area contributed by atoms with Crippen LogP contribution in [0.2, 0.25) is 0 Å². The quantitative estimate of drug-likeness (QED) is 0.604. The lowest BCUT2D eigenvalue weighted by Crippen LogP contribution is -2.22. The molecule has 2 heterocycles. The van der Waals surface area contributed by atoms with Crippen LogP contribution in [0.25, 0.3) is 11.0 Å². The van der Waals surface area contributed by atoms with Gasteiger partial charge in [-0.25, -0.2) is 4.79 Å². The van der Waals surface area contributed by atoms with Crippen LogP contribution in [0.15, 0.2) is 28.2 Å². The molecular formula is C16H18N6O2S. The summed E-state index contributed by atoms with van der Waals surface area (Å²) in [5.74, 6) is 1.39. The van der Waals surface area contributed by atoms with Crippen LogP contribution in [0.4, 0.5) is 5.69 Å². The Morgan fingerprint density at radius 2 is 2.08 bits per heavy atom. The van der Waals surface area contributed by atoms with E-state index >= 15 is 0 Å². The van der Waals surface area contributed by atoms with Crippen LogP contribution in [-0.2, 0) is 11.8 Å². The van der Waals surface area contributed by atoms with E-state index in [0.29, 0.717) is 22.6 Å². The van der Waals surface area contributed by atoms with Crippen molar-refractivity contribution in [2.75, 3.05) is 5.32 Å². The van der Waals surface area contributed by atoms with Gasteiger partial charge in [0.25, 0.3) is 0 Å². The van der Waals surface area contributed by atoms with Gasteiger partial charge in [0.15, 0.2) is 5.16 Å². The number of aromatic amines is 2. The second kappa shape index (κ2) is 6.07. The first-order chi connectivity index (χ1) is 12.0. The molecule has 2 aromatic heterocycles. The lowest BCUT2D eigenvalue weighted by Gasteiger charge is -2.11. The third-order valence-electron chi connectivity index (χ3n) is 4.25. The Hall–Kier alpha value is -2.55. The number of anilines is 1. The van der Waals surface area contributed by atoms with Crippen molar-refractivity contribution in [1.82, 2.24) is 24.7 Å². The van der Waals surface area contributed by atoms with Crippen molar-refractivity contribution in [3.8, 4) is 0 Å². The normalized spacial score (nSPS) is 15.4. The van der Waals surface area contributed by atoms with E-state index in [1.165, 1.54) is 11.8 Å². The van der Waals surface area contributed by atoms with E-state index < -0.39 is 0 Å². The standard InChI is InChI=1S/C16H18N6O2S/c1-8(25-16-21-20-13(22(16)2)9-3-4-9)14(23)17-10-5-6-11-12(7-10)19-15(24)18-11/h5-9H,3-4H2,1-2H3,(H,17,23)(H2,18,19,24)/t8-/m1/s1. The van der Waals surface area contributed by atoms with Gasteiger partial charge < -0.3 is 19.9 Å². The Labute approximate surface area is 147 Å². The number of imidazole rings is 1. The second-order valence-electron chi connectivity index (χ2n) is 6.26. The minimum absolute atomic E-state index is 0.127. The smallest absolute Gasteiger partial charge is 0.323 e. The lowest BCUT2D eigenvalue weighted by atomic mass is 10.2.